The number of hydrogen-bond acceptors (Lipinski definition) is 3. The molecule has 2 aliphatic rings. The minimum absolute atomic E-state index is 0.318. The van der Waals surface area contributed by atoms with E-state index in [9.17, 15) is 0 Å². The largest absolute Gasteiger partial charge is 0.309 e. The third-order valence-electron chi connectivity index (χ3n) is 9.98. The van der Waals surface area contributed by atoms with E-state index in [0.29, 0.717) is 0 Å². The van der Waals surface area contributed by atoms with Crippen LogP contribution in [0.15, 0.2) is 169 Å². The zero-order valence-electron chi connectivity index (χ0n) is 27.4. The highest BCUT2D eigenvalue weighted by atomic mass is 32.1. The Morgan fingerprint density at radius 1 is 0.560 bits per heavy atom. The molecule has 1 unspecified atom stereocenters. The Morgan fingerprint density at radius 3 is 2.16 bits per heavy atom. The number of aromatic nitrogens is 2. The van der Waals surface area contributed by atoms with Crippen LogP contribution >= 0.6 is 11.3 Å². The minimum Gasteiger partial charge on any atom is -0.309 e. The van der Waals surface area contributed by atoms with Crippen LogP contribution in [0, 0.1) is 0 Å². The van der Waals surface area contributed by atoms with Crippen LogP contribution in [0.2, 0.25) is 0 Å². The molecule has 2 aromatic heterocycles. The maximum atomic E-state index is 5.42. The Labute approximate surface area is 293 Å². The van der Waals surface area contributed by atoms with Gasteiger partial charge in [-0.2, -0.15) is 0 Å². The van der Waals surface area contributed by atoms with Gasteiger partial charge in [0.05, 0.1) is 27.4 Å². The highest BCUT2D eigenvalue weighted by molar-refractivity contribution is 7.21. The Hall–Kier alpha value is -6.01. The topological polar surface area (TPSA) is 34.2 Å². The molecule has 0 bridgehead atoms. The van der Waals surface area contributed by atoms with Gasteiger partial charge in [-0.25, -0.2) is 4.99 Å². The van der Waals surface area contributed by atoms with E-state index in [-0.39, 0.29) is 6.29 Å². The van der Waals surface area contributed by atoms with E-state index < -0.39 is 0 Å². The number of hydrogen-bond donors (Lipinski definition) is 1. The number of para-hydroxylation sites is 3. The number of benzene rings is 7. The quantitative estimate of drug-likeness (QED) is 0.183. The van der Waals surface area contributed by atoms with Crippen molar-refractivity contribution in [2.24, 2.45) is 4.99 Å². The van der Waals surface area contributed by atoms with Crippen LogP contribution in [-0.2, 0) is 0 Å². The van der Waals surface area contributed by atoms with Crippen LogP contribution in [0.1, 0.15) is 6.29 Å². The first-order valence-electron chi connectivity index (χ1n) is 17.0. The first-order chi connectivity index (χ1) is 24.8. The van der Waals surface area contributed by atoms with Crippen molar-refractivity contribution in [1.82, 2.24) is 14.5 Å². The SMILES string of the molecule is CNC(/N=c1/cccc2sc3ccccc3cc1-2)n1c2ccccc2c2c(-c3ccc4c(c3)c3ccccc3n4-c3ccccc3)cccc21. The normalized spacial score (nSPS) is 13.0. The van der Waals surface area contributed by atoms with Crippen molar-refractivity contribution >= 4 is 65.0 Å². The molecule has 1 aliphatic heterocycles. The van der Waals surface area contributed by atoms with Crippen molar-refractivity contribution in [1.29, 1.82) is 0 Å². The van der Waals surface area contributed by atoms with Gasteiger partial charge in [0, 0.05) is 42.4 Å². The fourth-order valence-corrected chi connectivity index (χ4v) is 8.83. The van der Waals surface area contributed by atoms with Gasteiger partial charge in [0.2, 0.25) is 0 Å². The van der Waals surface area contributed by atoms with E-state index in [1.54, 1.807) is 0 Å². The van der Waals surface area contributed by atoms with Crippen LogP contribution in [0.5, 0.6) is 0 Å². The second kappa shape index (κ2) is 11.6. The molecule has 238 valence electrons. The van der Waals surface area contributed by atoms with Gasteiger partial charge in [-0.1, -0.05) is 97.1 Å². The summed E-state index contributed by atoms with van der Waals surface area (Å²) in [6, 6.07) is 59.0. The van der Waals surface area contributed by atoms with Gasteiger partial charge in [0.1, 0.15) is 0 Å². The van der Waals surface area contributed by atoms with Crippen molar-refractivity contribution in [3.8, 4) is 27.3 Å². The van der Waals surface area contributed by atoms with Crippen LogP contribution < -0.4 is 10.7 Å². The van der Waals surface area contributed by atoms with E-state index >= 15 is 0 Å². The molecular weight excluding hydrogens is 629 g/mol. The maximum Gasteiger partial charge on any atom is 0.180 e. The van der Waals surface area contributed by atoms with E-state index in [1.165, 1.54) is 69.9 Å². The molecule has 5 heteroatoms. The summed E-state index contributed by atoms with van der Waals surface area (Å²) < 4.78 is 6.01. The van der Waals surface area contributed by atoms with Crippen LogP contribution in [0.4, 0.5) is 0 Å². The molecule has 0 saturated carbocycles. The van der Waals surface area contributed by atoms with Crippen LogP contribution in [-0.4, -0.2) is 16.2 Å². The molecule has 0 fully saturated rings. The molecule has 4 nitrogen and oxygen atoms in total. The molecule has 1 N–H and O–H groups in total. The molecular formula is C45H32N4S. The van der Waals surface area contributed by atoms with Crippen molar-refractivity contribution in [3.05, 3.63) is 169 Å². The molecule has 1 atom stereocenters. The van der Waals surface area contributed by atoms with E-state index in [4.69, 9.17) is 4.99 Å². The van der Waals surface area contributed by atoms with E-state index in [1.807, 2.05) is 18.4 Å². The van der Waals surface area contributed by atoms with Crippen LogP contribution in [0.25, 0.3) is 81.0 Å². The van der Waals surface area contributed by atoms with E-state index in [0.717, 1.165) is 16.4 Å². The second-order valence-corrected chi connectivity index (χ2v) is 13.9. The summed E-state index contributed by atoms with van der Waals surface area (Å²) in [4.78, 5) is 6.65. The van der Waals surface area contributed by atoms with Gasteiger partial charge in [-0.15, -0.1) is 11.3 Å². The Balaban J connectivity index is 1.19. The fourth-order valence-electron chi connectivity index (χ4n) is 7.78. The smallest absolute Gasteiger partial charge is 0.180 e. The standard InChI is InChI=1S/C45H32N4S/c1-46-45(47-37-19-12-24-43-36(37)28-30-13-5-10-23-42(30)50-43)49-39-21-9-7-17-34(39)44-32(18-11-22-41(44)49)29-25-26-40-35(27-29)33-16-6-8-20-38(33)48(40)31-14-3-2-4-15-31/h2-28,45-46H,1H3/b47-37-. The highest BCUT2D eigenvalue weighted by Crippen LogP contribution is 2.41. The number of nitrogens with zero attached hydrogens (tertiary/aromatic N) is 3. The second-order valence-electron chi connectivity index (χ2n) is 12.8. The van der Waals surface area contributed by atoms with Gasteiger partial charge in [0.15, 0.2) is 6.29 Å². The molecule has 0 amide bonds. The molecule has 50 heavy (non-hydrogen) atoms. The average molecular weight is 661 g/mol. The molecule has 10 rings (SSSR count). The Bertz CT molecular complexity index is 2930. The summed E-state index contributed by atoms with van der Waals surface area (Å²) in [5, 5.41) is 10.7. The Morgan fingerprint density at radius 2 is 1.28 bits per heavy atom. The van der Waals surface area contributed by atoms with Gasteiger partial charge >= 0.3 is 0 Å². The van der Waals surface area contributed by atoms with E-state index in [2.05, 4.69) is 178 Å². The molecule has 0 saturated heterocycles. The summed E-state index contributed by atoms with van der Waals surface area (Å²) in [6.45, 7) is 0. The predicted octanol–water partition coefficient (Wildman–Crippen LogP) is 11.2. The summed E-state index contributed by atoms with van der Waals surface area (Å²) in [5.74, 6) is 0. The lowest BCUT2D eigenvalue weighted by molar-refractivity contribution is 0.471. The van der Waals surface area contributed by atoms with Gasteiger partial charge in [-0.05, 0) is 90.3 Å². The number of nitrogens with one attached hydrogen (secondary N) is 1. The summed E-state index contributed by atoms with van der Waals surface area (Å²) in [7, 11) is 2.00. The van der Waals surface area contributed by atoms with Crippen molar-refractivity contribution in [2.75, 3.05) is 7.05 Å². The highest BCUT2D eigenvalue weighted by Gasteiger charge is 2.21. The predicted molar refractivity (Wildman–Crippen MR) is 211 cm³/mol. The van der Waals surface area contributed by atoms with Crippen molar-refractivity contribution in [3.63, 3.8) is 0 Å². The molecule has 0 radical (unpaired) electrons. The summed E-state index contributed by atoms with van der Waals surface area (Å²) in [6.07, 6.45) is -0.318. The monoisotopic (exact) mass is 660 g/mol. The fraction of sp³-hybridized carbons (Fsp3) is 0.0444. The first-order valence-corrected chi connectivity index (χ1v) is 17.8. The average Bonchev–Trinajstić information content (AvgIpc) is 3.69. The van der Waals surface area contributed by atoms with Crippen molar-refractivity contribution in [2.45, 2.75) is 6.29 Å². The van der Waals surface area contributed by atoms with Crippen LogP contribution in [0.3, 0.4) is 0 Å². The lowest BCUT2D eigenvalue weighted by atomic mass is 9.98. The molecule has 3 heterocycles. The number of rotatable bonds is 5. The number of fused-ring (bicyclic) bond motifs is 8. The first kappa shape index (κ1) is 29.0. The maximum absolute atomic E-state index is 5.42. The molecule has 6 aromatic carbocycles. The Kier molecular flexibility index (Phi) is 6.69. The third kappa shape index (κ3) is 4.44. The summed E-state index contributed by atoms with van der Waals surface area (Å²) in [5.41, 5.74) is 9.45. The summed E-state index contributed by atoms with van der Waals surface area (Å²) >= 11 is 1.81. The molecule has 8 aromatic rings. The zero-order valence-corrected chi connectivity index (χ0v) is 28.2. The zero-order chi connectivity index (χ0) is 33.2. The lowest BCUT2D eigenvalue weighted by Crippen LogP contribution is -2.24. The van der Waals surface area contributed by atoms with Gasteiger partial charge < -0.3 is 9.13 Å². The third-order valence-corrected chi connectivity index (χ3v) is 11.1. The van der Waals surface area contributed by atoms with Gasteiger partial charge in [0.25, 0.3) is 0 Å². The molecule has 1 aliphatic carbocycles. The van der Waals surface area contributed by atoms with Crippen molar-refractivity contribution < 1.29 is 0 Å². The minimum atomic E-state index is -0.318. The lowest BCUT2D eigenvalue weighted by Gasteiger charge is -2.18. The van der Waals surface area contributed by atoms with Gasteiger partial charge in [-0.3, -0.25) is 5.32 Å². The molecule has 0 spiro atoms.